The molecule has 0 saturated carbocycles. The van der Waals surface area contributed by atoms with Crippen molar-refractivity contribution in [1.82, 2.24) is 0 Å². The van der Waals surface area contributed by atoms with Gasteiger partial charge >= 0.3 is 0 Å². The Bertz CT molecular complexity index is 895. The number of nitriles is 1. The molecule has 1 amide bonds. The van der Waals surface area contributed by atoms with E-state index < -0.39 is 6.10 Å². The number of thiophene rings is 1. The van der Waals surface area contributed by atoms with E-state index in [-0.39, 0.29) is 5.91 Å². The minimum atomic E-state index is -0.734. The molecule has 0 saturated heterocycles. The van der Waals surface area contributed by atoms with Gasteiger partial charge in [-0.25, -0.2) is 0 Å². The summed E-state index contributed by atoms with van der Waals surface area (Å²) in [6.45, 7) is 5.39. The Balaban J connectivity index is 1.73. The van der Waals surface area contributed by atoms with E-state index >= 15 is 0 Å². The summed E-state index contributed by atoms with van der Waals surface area (Å²) in [6.07, 6.45) is 3.93. The Kier molecular flexibility index (Phi) is 5.29. The monoisotopic (exact) mass is 368 g/mol. The van der Waals surface area contributed by atoms with Crippen molar-refractivity contribution >= 4 is 28.3 Å². The molecule has 1 atom stereocenters. The fourth-order valence-electron chi connectivity index (χ4n) is 2.98. The van der Waals surface area contributed by atoms with Gasteiger partial charge in [0.05, 0.1) is 12.7 Å². The molecule has 1 aromatic heterocycles. The molecule has 0 spiro atoms. The van der Waals surface area contributed by atoms with E-state index in [1.165, 1.54) is 16.2 Å². The highest BCUT2D eigenvalue weighted by Gasteiger charge is 2.25. The van der Waals surface area contributed by atoms with Crippen molar-refractivity contribution in [3.05, 3.63) is 46.3 Å². The van der Waals surface area contributed by atoms with E-state index in [4.69, 9.17) is 9.47 Å². The molecule has 0 radical (unpaired) electrons. The van der Waals surface area contributed by atoms with Gasteiger partial charge in [-0.1, -0.05) is 18.7 Å². The smallest absolute Gasteiger partial charge is 0.265 e. The number of methoxy groups -OCH3 is 1. The second-order valence-corrected chi connectivity index (χ2v) is 7.14. The van der Waals surface area contributed by atoms with Gasteiger partial charge in [0, 0.05) is 4.88 Å². The van der Waals surface area contributed by atoms with Crippen LogP contribution in [-0.4, -0.2) is 19.1 Å². The second-order valence-electron chi connectivity index (χ2n) is 6.04. The first-order valence-corrected chi connectivity index (χ1v) is 9.21. The highest BCUT2D eigenvalue weighted by Crippen LogP contribution is 2.38. The van der Waals surface area contributed by atoms with E-state index in [0.717, 1.165) is 30.4 Å². The number of carbonyl (C=O) groups excluding carboxylic acids is 1. The van der Waals surface area contributed by atoms with Crippen molar-refractivity contribution < 1.29 is 14.3 Å². The van der Waals surface area contributed by atoms with Gasteiger partial charge in [0.1, 0.15) is 11.1 Å². The molecule has 26 heavy (non-hydrogen) atoms. The van der Waals surface area contributed by atoms with Crippen molar-refractivity contribution in [2.24, 2.45) is 0 Å². The minimum Gasteiger partial charge on any atom is -0.493 e. The number of aryl methyl sites for hydroxylation is 1. The number of benzene rings is 1. The molecule has 1 heterocycles. The van der Waals surface area contributed by atoms with Crippen LogP contribution in [0, 0.1) is 11.3 Å². The third-order valence-corrected chi connectivity index (χ3v) is 5.57. The number of nitrogens with one attached hydrogen (secondary N) is 1. The van der Waals surface area contributed by atoms with Crippen LogP contribution in [0.1, 0.15) is 34.9 Å². The van der Waals surface area contributed by atoms with Crippen LogP contribution in [0.25, 0.3) is 6.08 Å². The molecule has 0 bridgehead atoms. The molecular weight excluding hydrogens is 348 g/mol. The van der Waals surface area contributed by atoms with Gasteiger partial charge in [-0.15, -0.1) is 11.3 Å². The molecule has 1 aliphatic carbocycles. The van der Waals surface area contributed by atoms with Gasteiger partial charge in [-0.3, -0.25) is 4.79 Å². The summed E-state index contributed by atoms with van der Waals surface area (Å²) in [6, 6.07) is 7.61. The van der Waals surface area contributed by atoms with Crippen LogP contribution in [0.4, 0.5) is 5.00 Å². The summed E-state index contributed by atoms with van der Waals surface area (Å²) in [4.78, 5) is 13.7. The zero-order valence-electron chi connectivity index (χ0n) is 14.8. The molecular formula is C20H20N2O3S. The Labute approximate surface area is 156 Å². The normalized spacial score (nSPS) is 13.4. The lowest BCUT2D eigenvalue weighted by Crippen LogP contribution is -2.30. The Morgan fingerprint density at radius 2 is 2.23 bits per heavy atom. The number of amides is 1. The Morgan fingerprint density at radius 1 is 1.42 bits per heavy atom. The molecule has 0 fully saturated rings. The van der Waals surface area contributed by atoms with E-state index in [0.29, 0.717) is 22.1 Å². The first-order valence-electron chi connectivity index (χ1n) is 8.40. The predicted octanol–water partition coefficient (Wildman–Crippen LogP) is 4.17. The highest BCUT2D eigenvalue weighted by atomic mass is 32.1. The maximum Gasteiger partial charge on any atom is 0.265 e. The van der Waals surface area contributed by atoms with Crippen LogP contribution in [-0.2, 0) is 17.6 Å². The van der Waals surface area contributed by atoms with Crippen molar-refractivity contribution in [1.29, 1.82) is 5.26 Å². The average molecular weight is 368 g/mol. The summed E-state index contributed by atoms with van der Waals surface area (Å²) in [5, 5.41) is 12.9. The molecule has 134 valence electrons. The summed E-state index contributed by atoms with van der Waals surface area (Å²) >= 11 is 1.49. The van der Waals surface area contributed by atoms with Crippen LogP contribution >= 0.6 is 11.3 Å². The summed E-state index contributed by atoms with van der Waals surface area (Å²) in [5.41, 5.74) is 2.58. The quantitative estimate of drug-likeness (QED) is 0.831. The molecule has 1 N–H and O–H groups in total. The number of hydrogen-bond acceptors (Lipinski definition) is 5. The van der Waals surface area contributed by atoms with E-state index in [1.807, 2.05) is 6.07 Å². The van der Waals surface area contributed by atoms with E-state index in [1.54, 1.807) is 32.2 Å². The third kappa shape index (κ3) is 3.44. The number of anilines is 1. The van der Waals surface area contributed by atoms with Crippen LogP contribution in [0.5, 0.6) is 11.5 Å². The zero-order chi connectivity index (χ0) is 18.7. The van der Waals surface area contributed by atoms with E-state index in [9.17, 15) is 10.1 Å². The molecule has 5 nitrogen and oxygen atoms in total. The molecule has 1 aromatic carbocycles. The lowest BCUT2D eigenvalue weighted by molar-refractivity contribution is -0.122. The van der Waals surface area contributed by atoms with E-state index in [2.05, 4.69) is 18.0 Å². The first kappa shape index (κ1) is 18.0. The van der Waals surface area contributed by atoms with Crippen molar-refractivity contribution in [2.45, 2.75) is 32.3 Å². The third-order valence-electron chi connectivity index (χ3n) is 4.37. The molecule has 0 unspecified atom stereocenters. The highest BCUT2D eigenvalue weighted by molar-refractivity contribution is 7.16. The fraction of sp³-hybridized carbons (Fsp3) is 0.300. The van der Waals surface area contributed by atoms with Crippen LogP contribution < -0.4 is 14.8 Å². The standard InChI is InChI=1S/C20H20N2O3S/c1-4-13-8-9-16(17(10-13)24-3)25-12(2)19(23)22-20-15(11-21)14-6-5-7-18(14)26-20/h4,8-10,12H,1,5-7H2,2-3H3,(H,22,23)/t12-/m1/s1. The van der Waals surface area contributed by atoms with Gasteiger partial charge in [-0.2, -0.15) is 5.26 Å². The van der Waals surface area contributed by atoms with Crippen LogP contribution in [0.15, 0.2) is 24.8 Å². The van der Waals surface area contributed by atoms with Gasteiger partial charge in [0.15, 0.2) is 17.6 Å². The molecule has 0 aliphatic heterocycles. The number of fused-ring (bicyclic) bond motifs is 1. The van der Waals surface area contributed by atoms with Crippen LogP contribution in [0.3, 0.4) is 0 Å². The SMILES string of the molecule is C=Cc1ccc(O[C@H](C)C(=O)Nc2sc3c(c2C#N)CCC3)c(OC)c1. The molecule has 2 aromatic rings. The second kappa shape index (κ2) is 7.63. The maximum atomic E-state index is 12.5. The van der Waals surface area contributed by atoms with Gasteiger partial charge in [-0.05, 0) is 49.4 Å². The average Bonchev–Trinajstić information content (AvgIpc) is 3.22. The lowest BCUT2D eigenvalue weighted by atomic mass is 10.1. The molecule has 6 heteroatoms. The minimum absolute atomic E-state index is 0.295. The largest absolute Gasteiger partial charge is 0.493 e. The maximum absolute atomic E-state index is 12.5. The van der Waals surface area contributed by atoms with Crippen molar-refractivity contribution in [3.8, 4) is 17.6 Å². The summed E-state index contributed by atoms with van der Waals surface area (Å²) < 4.78 is 11.1. The van der Waals surface area contributed by atoms with Gasteiger partial charge in [0.25, 0.3) is 5.91 Å². The Morgan fingerprint density at radius 3 is 2.92 bits per heavy atom. The fourth-order valence-corrected chi connectivity index (χ4v) is 4.22. The van der Waals surface area contributed by atoms with Crippen LogP contribution in [0.2, 0.25) is 0 Å². The predicted molar refractivity (Wildman–Crippen MR) is 103 cm³/mol. The van der Waals surface area contributed by atoms with Gasteiger partial charge < -0.3 is 14.8 Å². The summed E-state index contributed by atoms with van der Waals surface area (Å²) in [7, 11) is 1.55. The topological polar surface area (TPSA) is 71.3 Å². The van der Waals surface area contributed by atoms with Crippen molar-refractivity contribution in [3.63, 3.8) is 0 Å². The Hall–Kier alpha value is -2.78. The number of nitrogens with zero attached hydrogens (tertiary/aromatic N) is 1. The molecule has 1 aliphatic rings. The first-order chi connectivity index (χ1) is 12.6. The lowest BCUT2D eigenvalue weighted by Gasteiger charge is -2.17. The number of carbonyl (C=O) groups is 1. The van der Waals surface area contributed by atoms with Gasteiger partial charge in [0.2, 0.25) is 0 Å². The molecule has 3 rings (SSSR count). The zero-order valence-corrected chi connectivity index (χ0v) is 15.6. The summed E-state index contributed by atoms with van der Waals surface area (Å²) in [5.74, 6) is 0.723. The number of ether oxygens (including phenoxy) is 2. The number of hydrogen-bond donors (Lipinski definition) is 1. The van der Waals surface area contributed by atoms with Crippen molar-refractivity contribution in [2.75, 3.05) is 12.4 Å². The number of rotatable bonds is 6.